The van der Waals surface area contributed by atoms with Crippen LogP contribution < -0.4 is 0 Å². The number of hydrogen-bond acceptors (Lipinski definition) is 5. The van der Waals surface area contributed by atoms with Crippen molar-refractivity contribution >= 4 is 50.0 Å². The maximum atomic E-state index is 6.36. The number of aromatic nitrogens is 3. The van der Waals surface area contributed by atoms with E-state index in [0.29, 0.717) is 17.5 Å². The van der Waals surface area contributed by atoms with Crippen molar-refractivity contribution in [2.24, 2.45) is 0 Å². The quantitative estimate of drug-likeness (QED) is 0.171. The van der Waals surface area contributed by atoms with E-state index >= 15 is 0 Å². The molecule has 0 N–H and O–H groups in total. The summed E-state index contributed by atoms with van der Waals surface area (Å²) in [6, 6.07) is 43.2. The van der Waals surface area contributed by atoms with Gasteiger partial charge in [0.1, 0.15) is 22.3 Å². The third-order valence-corrected chi connectivity index (χ3v) is 9.04. The van der Waals surface area contributed by atoms with Gasteiger partial charge in [-0.1, -0.05) is 104 Å². The Bertz CT molecular complexity index is 2740. The molecule has 0 atom stereocenters. The van der Waals surface area contributed by atoms with Crippen LogP contribution in [-0.4, -0.2) is 15.0 Å². The second-order valence-corrected chi connectivity index (χ2v) is 12.1. The van der Waals surface area contributed by atoms with Crippen LogP contribution in [0.3, 0.4) is 0 Å². The molecule has 3 heterocycles. The second-order valence-electron chi connectivity index (χ2n) is 12.1. The molecule has 0 spiro atoms. The minimum Gasteiger partial charge on any atom is -0.456 e. The van der Waals surface area contributed by atoms with Crippen molar-refractivity contribution in [1.82, 2.24) is 15.0 Å². The van der Waals surface area contributed by atoms with Gasteiger partial charge < -0.3 is 8.83 Å². The molecule has 0 aliphatic heterocycles. The van der Waals surface area contributed by atoms with Gasteiger partial charge in [-0.15, -0.1) is 0 Å². The number of benzene rings is 6. The summed E-state index contributed by atoms with van der Waals surface area (Å²) in [6.07, 6.45) is 5.76. The molecular formula is C44H29N3O2. The van der Waals surface area contributed by atoms with Gasteiger partial charge in [0, 0.05) is 38.2 Å². The number of allylic oxidation sites excluding steroid dienone is 2. The Hall–Kier alpha value is -6.59. The van der Waals surface area contributed by atoms with Crippen LogP contribution in [0.5, 0.6) is 0 Å². The maximum Gasteiger partial charge on any atom is 0.164 e. The van der Waals surface area contributed by atoms with E-state index in [1.165, 1.54) is 0 Å². The van der Waals surface area contributed by atoms with Gasteiger partial charge in [0.2, 0.25) is 0 Å². The van der Waals surface area contributed by atoms with E-state index in [4.69, 9.17) is 23.8 Å². The van der Waals surface area contributed by atoms with Gasteiger partial charge in [0.05, 0.1) is 0 Å². The van der Waals surface area contributed by atoms with Gasteiger partial charge in [-0.3, -0.25) is 0 Å². The summed E-state index contributed by atoms with van der Waals surface area (Å²) in [5.41, 5.74) is 10.4. The lowest BCUT2D eigenvalue weighted by atomic mass is 10.0. The van der Waals surface area contributed by atoms with Gasteiger partial charge in [0.15, 0.2) is 17.5 Å². The van der Waals surface area contributed by atoms with Crippen LogP contribution in [0.1, 0.15) is 11.1 Å². The van der Waals surface area contributed by atoms with E-state index in [1.54, 1.807) is 6.08 Å². The van der Waals surface area contributed by atoms with Gasteiger partial charge in [-0.2, -0.15) is 0 Å². The van der Waals surface area contributed by atoms with Crippen molar-refractivity contribution in [3.05, 3.63) is 157 Å². The first-order valence-electron chi connectivity index (χ1n) is 16.2. The number of hydrogen-bond donors (Lipinski definition) is 0. The molecule has 5 nitrogen and oxygen atoms in total. The third-order valence-electron chi connectivity index (χ3n) is 9.04. The van der Waals surface area contributed by atoms with E-state index in [-0.39, 0.29) is 0 Å². The fourth-order valence-corrected chi connectivity index (χ4v) is 6.60. The summed E-state index contributed by atoms with van der Waals surface area (Å²) in [4.78, 5) is 15.2. The van der Waals surface area contributed by atoms with Crippen molar-refractivity contribution in [3.8, 4) is 45.3 Å². The van der Waals surface area contributed by atoms with Gasteiger partial charge in [0.25, 0.3) is 0 Å². The molecule has 0 radical (unpaired) electrons. The molecule has 6 aromatic carbocycles. The molecule has 0 saturated heterocycles. The van der Waals surface area contributed by atoms with E-state index in [2.05, 4.69) is 74.2 Å². The summed E-state index contributed by atoms with van der Waals surface area (Å²) in [5.74, 6) is 1.76. The molecular weight excluding hydrogens is 603 g/mol. The number of fused-ring (bicyclic) bond motifs is 6. The zero-order valence-corrected chi connectivity index (χ0v) is 26.7. The number of rotatable bonds is 6. The van der Waals surface area contributed by atoms with Gasteiger partial charge in [-0.25, -0.2) is 15.0 Å². The minimum atomic E-state index is 0.578. The summed E-state index contributed by atoms with van der Waals surface area (Å²) in [5, 5.41) is 4.04. The van der Waals surface area contributed by atoms with Crippen LogP contribution in [0.25, 0.3) is 95.2 Å². The second kappa shape index (κ2) is 11.6. The normalized spacial score (nSPS) is 11.8. The Morgan fingerprint density at radius 2 is 1.14 bits per heavy atom. The largest absolute Gasteiger partial charge is 0.456 e. The Morgan fingerprint density at radius 3 is 1.92 bits per heavy atom. The molecule has 0 saturated carbocycles. The van der Waals surface area contributed by atoms with Crippen LogP contribution in [0.15, 0.2) is 155 Å². The van der Waals surface area contributed by atoms with E-state index in [9.17, 15) is 0 Å². The summed E-state index contributed by atoms with van der Waals surface area (Å²) < 4.78 is 12.7. The Labute approximate surface area is 282 Å². The first kappa shape index (κ1) is 28.6. The molecule has 9 rings (SSSR count). The summed E-state index contributed by atoms with van der Waals surface area (Å²) in [6.45, 7) is 5.91. The molecule has 232 valence electrons. The van der Waals surface area contributed by atoms with Crippen LogP contribution in [0.2, 0.25) is 0 Å². The highest BCUT2D eigenvalue weighted by molar-refractivity contribution is 6.13. The molecule has 0 bridgehead atoms. The van der Waals surface area contributed by atoms with Crippen LogP contribution in [0.4, 0.5) is 0 Å². The Kier molecular flexibility index (Phi) is 6.76. The lowest BCUT2D eigenvalue weighted by Crippen LogP contribution is -2.00. The predicted molar refractivity (Wildman–Crippen MR) is 200 cm³/mol. The zero-order valence-electron chi connectivity index (χ0n) is 26.7. The monoisotopic (exact) mass is 631 g/mol. The highest BCUT2D eigenvalue weighted by Gasteiger charge is 2.19. The molecule has 49 heavy (non-hydrogen) atoms. The van der Waals surface area contributed by atoms with Gasteiger partial charge in [-0.05, 0) is 77.7 Å². The first-order chi connectivity index (χ1) is 24.1. The maximum absolute atomic E-state index is 6.36. The van der Waals surface area contributed by atoms with Crippen molar-refractivity contribution in [2.45, 2.75) is 6.92 Å². The van der Waals surface area contributed by atoms with E-state index < -0.39 is 0 Å². The topological polar surface area (TPSA) is 65.0 Å². The average Bonchev–Trinajstić information content (AvgIpc) is 3.71. The first-order valence-corrected chi connectivity index (χ1v) is 16.2. The van der Waals surface area contributed by atoms with Crippen molar-refractivity contribution < 1.29 is 8.83 Å². The SMILES string of the molecule is C=C/C=C\c1cc2oc3ccc(-c4nc(-c5ccccc5)nc(-c5cccc6oc7ccc(-c8ccccc8)cc7c56)n4)cc3c2cc1C. The van der Waals surface area contributed by atoms with Crippen LogP contribution in [-0.2, 0) is 0 Å². The minimum absolute atomic E-state index is 0.578. The lowest BCUT2D eigenvalue weighted by Gasteiger charge is -2.09. The van der Waals surface area contributed by atoms with Crippen molar-refractivity contribution in [1.29, 1.82) is 0 Å². The summed E-state index contributed by atoms with van der Waals surface area (Å²) >= 11 is 0. The number of aryl methyl sites for hydroxylation is 1. The summed E-state index contributed by atoms with van der Waals surface area (Å²) in [7, 11) is 0. The van der Waals surface area contributed by atoms with Crippen molar-refractivity contribution in [2.75, 3.05) is 0 Å². The molecule has 9 aromatic rings. The predicted octanol–water partition coefficient (Wildman–Crippen LogP) is 11.8. The number of nitrogens with zero attached hydrogens (tertiary/aromatic N) is 3. The van der Waals surface area contributed by atoms with Crippen LogP contribution >= 0.6 is 0 Å². The fraction of sp³-hybridized carbons (Fsp3) is 0.0227. The molecule has 0 fully saturated rings. The molecule has 0 amide bonds. The molecule has 0 unspecified atom stereocenters. The van der Waals surface area contributed by atoms with Crippen LogP contribution in [0, 0.1) is 6.92 Å². The zero-order chi connectivity index (χ0) is 32.9. The fourth-order valence-electron chi connectivity index (χ4n) is 6.60. The van der Waals surface area contributed by atoms with Crippen molar-refractivity contribution in [3.63, 3.8) is 0 Å². The standard InChI is InChI=1S/C44H29N3O2/c1-3-4-12-30-26-40-34(23-27(30)2)35-25-32(20-22-37(35)49-40)43-45-42(29-15-9-6-10-16-29)46-44(47-43)33-17-11-18-39-41(33)36-24-31(19-21-38(36)48-39)28-13-7-5-8-14-28/h3-26H,1H2,2H3/b12-4-. The smallest absolute Gasteiger partial charge is 0.164 e. The molecule has 0 aliphatic rings. The molecule has 0 aliphatic carbocycles. The van der Waals surface area contributed by atoms with E-state index in [0.717, 1.165) is 82.8 Å². The average molecular weight is 632 g/mol. The Morgan fingerprint density at radius 1 is 0.510 bits per heavy atom. The highest BCUT2D eigenvalue weighted by atomic mass is 16.3. The highest BCUT2D eigenvalue weighted by Crippen LogP contribution is 2.39. The molecule has 3 aromatic heterocycles. The Balaban J connectivity index is 1.25. The number of furan rings is 2. The lowest BCUT2D eigenvalue weighted by molar-refractivity contribution is 0.668. The third kappa shape index (κ3) is 5.00. The molecule has 5 heteroatoms. The van der Waals surface area contributed by atoms with E-state index in [1.807, 2.05) is 78.9 Å². The van der Waals surface area contributed by atoms with Gasteiger partial charge >= 0.3 is 0 Å².